The molecule has 0 N–H and O–H groups in total. The minimum absolute atomic E-state index is 0.355. The zero-order valence-electron chi connectivity index (χ0n) is 11.2. The monoisotopic (exact) mass is 246 g/mol. The van der Waals surface area contributed by atoms with Crippen LogP contribution in [0.15, 0.2) is 24.3 Å². The number of benzene rings is 1. The van der Waals surface area contributed by atoms with Crippen molar-refractivity contribution in [3.8, 4) is 5.75 Å². The van der Waals surface area contributed by atoms with E-state index >= 15 is 0 Å². The van der Waals surface area contributed by atoms with Gasteiger partial charge >= 0.3 is 0 Å². The maximum Gasteiger partial charge on any atom is 0.133 e. The highest BCUT2D eigenvalue weighted by Gasteiger charge is 2.21. The molecule has 2 heteroatoms. The van der Waals surface area contributed by atoms with Crippen LogP contribution in [0.3, 0.4) is 0 Å². The van der Waals surface area contributed by atoms with Gasteiger partial charge in [-0.25, -0.2) is 0 Å². The molecule has 18 heavy (non-hydrogen) atoms. The molecule has 1 unspecified atom stereocenters. The lowest BCUT2D eigenvalue weighted by Gasteiger charge is -2.18. The van der Waals surface area contributed by atoms with Gasteiger partial charge in [0.25, 0.3) is 0 Å². The van der Waals surface area contributed by atoms with E-state index in [9.17, 15) is 4.79 Å². The molecular weight excluding hydrogens is 224 g/mol. The molecule has 1 atom stereocenters. The molecule has 1 aliphatic rings. The second-order valence-corrected chi connectivity index (χ2v) is 5.07. The highest BCUT2D eigenvalue weighted by molar-refractivity contribution is 5.79. The average molecular weight is 246 g/mol. The standard InChI is InChI=1S/C16H22O2/c1-2-11-18-16-10-6-5-9-15(16)13-7-3-4-8-14(17)12-13/h5-6,9-10,13H,2-4,7-8,11-12H2,1H3. The molecule has 1 fully saturated rings. The van der Waals surface area contributed by atoms with Gasteiger partial charge in [-0.05, 0) is 36.8 Å². The van der Waals surface area contributed by atoms with Crippen LogP contribution in [-0.4, -0.2) is 12.4 Å². The Morgan fingerprint density at radius 2 is 2.11 bits per heavy atom. The maximum absolute atomic E-state index is 11.8. The van der Waals surface area contributed by atoms with Crippen LogP contribution in [0.1, 0.15) is 56.9 Å². The zero-order chi connectivity index (χ0) is 12.8. The highest BCUT2D eigenvalue weighted by atomic mass is 16.5. The minimum atomic E-state index is 0.355. The van der Waals surface area contributed by atoms with Crippen molar-refractivity contribution in [1.82, 2.24) is 0 Å². The van der Waals surface area contributed by atoms with E-state index in [1.165, 1.54) is 5.56 Å². The first-order chi connectivity index (χ1) is 8.81. The predicted octanol–water partition coefficient (Wildman–Crippen LogP) is 4.09. The van der Waals surface area contributed by atoms with Crippen molar-refractivity contribution < 1.29 is 9.53 Å². The van der Waals surface area contributed by atoms with Gasteiger partial charge in [0, 0.05) is 12.8 Å². The molecule has 1 aromatic rings. The number of hydrogen-bond donors (Lipinski definition) is 0. The number of carbonyl (C=O) groups is 1. The summed E-state index contributed by atoms with van der Waals surface area (Å²) in [5.41, 5.74) is 1.22. The van der Waals surface area contributed by atoms with Gasteiger partial charge in [-0.2, -0.15) is 0 Å². The molecule has 2 nitrogen and oxygen atoms in total. The summed E-state index contributed by atoms with van der Waals surface area (Å²) in [5.74, 6) is 1.73. The summed E-state index contributed by atoms with van der Waals surface area (Å²) in [5, 5.41) is 0. The van der Waals surface area contributed by atoms with Gasteiger partial charge in [0.2, 0.25) is 0 Å². The lowest BCUT2D eigenvalue weighted by molar-refractivity contribution is -0.119. The van der Waals surface area contributed by atoms with Gasteiger partial charge in [-0.3, -0.25) is 4.79 Å². The van der Waals surface area contributed by atoms with Crippen LogP contribution in [-0.2, 0) is 4.79 Å². The first-order valence-corrected chi connectivity index (χ1v) is 7.04. The van der Waals surface area contributed by atoms with E-state index in [4.69, 9.17) is 4.74 Å². The number of ketones is 1. The molecule has 0 radical (unpaired) electrons. The second kappa shape index (κ2) is 6.58. The van der Waals surface area contributed by atoms with E-state index in [-0.39, 0.29) is 0 Å². The van der Waals surface area contributed by atoms with Crippen LogP contribution in [0, 0.1) is 0 Å². The molecule has 0 bridgehead atoms. The average Bonchev–Trinajstić information content (AvgIpc) is 2.61. The lowest BCUT2D eigenvalue weighted by Crippen LogP contribution is -2.06. The molecule has 1 aliphatic carbocycles. The van der Waals surface area contributed by atoms with E-state index in [1.54, 1.807) is 0 Å². The van der Waals surface area contributed by atoms with Crippen molar-refractivity contribution >= 4 is 5.78 Å². The third-order valence-electron chi connectivity index (χ3n) is 3.55. The molecule has 0 amide bonds. The summed E-state index contributed by atoms with van der Waals surface area (Å²) in [6.45, 7) is 2.86. The van der Waals surface area contributed by atoms with E-state index < -0.39 is 0 Å². The third kappa shape index (κ3) is 3.34. The fourth-order valence-corrected chi connectivity index (χ4v) is 2.62. The fourth-order valence-electron chi connectivity index (χ4n) is 2.62. The third-order valence-corrected chi connectivity index (χ3v) is 3.55. The van der Waals surface area contributed by atoms with Gasteiger partial charge in [-0.15, -0.1) is 0 Å². The summed E-state index contributed by atoms with van der Waals surface area (Å²) < 4.78 is 5.80. The van der Waals surface area contributed by atoms with Crippen molar-refractivity contribution in [2.24, 2.45) is 0 Å². The molecule has 1 saturated carbocycles. The zero-order valence-corrected chi connectivity index (χ0v) is 11.2. The molecule has 1 aromatic carbocycles. The van der Waals surface area contributed by atoms with E-state index in [2.05, 4.69) is 13.0 Å². The van der Waals surface area contributed by atoms with Crippen molar-refractivity contribution in [1.29, 1.82) is 0 Å². The normalized spacial score (nSPS) is 20.5. The number of hydrogen-bond acceptors (Lipinski definition) is 2. The van der Waals surface area contributed by atoms with Crippen molar-refractivity contribution in [2.45, 2.75) is 51.4 Å². The molecule has 2 rings (SSSR count). The van der Waals surface area contributed by atoms with Crippen molar-refractivity contribution in [2.75, 3.05) is 6.61 Å². The fraction of sp³-hybridized carbons (Fsp3) is 0.562. The number of ether oxygens (including phenoxy) is 1. The first-order valence-electron chi connectivity index (χ1n) is 7.04. The molecule has 0 heterocycles. The topological polar surface area (TPSA) is 26.3 Å². The van der Waals surface area contributed by atoms with Gasteiger partial charge < -0.3 is 4.74 Å². The van der Waals surface area contributed by atoms with Crippen LogP contribution in [0.5, 0.6) is 5.75 Å². The largest absolute Gasteiger partial charge is 0.493 e. The summed E-state index contributed by atoms with van der Waals surface area (Å²) in [7, 11) is 0. The second-order valence-electron chi connectivity index (χ2n) is 5.07. The van der Waals surface area contributed by atoms with E-state index in [1.807, 2.05) is 18.2 Å². The number of para-hydroxylation sites is 1. The van der Waals surface area contributed by atoms with Crippen LogP contribution in [0.2, 0.25) is 0 Å². The number of Topliss-reactive ketones (excluding diaryl/α,β-unsaturated/α-hetero) is 1. The quantitative estimate of drug-likeness (QED) is 0.748. The molecular formula is C16H22O2. The summed E-state index contributed by atoms with van der Waals surface area (Å²) in [6, 6.07) is 8.20. The van der Waals surface area contributed by atoms with Gasteiger partial charge in [0.1, 0.15) is 11.5 Å². The van der Waals surface area contributed by atoms with Crippen LogP contribution in [0.4, 0.5) is 0 Å². The predicted molar refractivity (Wildman–Crippen MR) is 73.1 cm³/mol. The summed E-state index contributed by atoms with van der Waals surface area (Å²) in [6.07, 6.45) is 5.77. The Kier molecular flexibility index (Phi) is 4.80. The van der Waals surface area contributed by atoms with E-state index in [0.29, 0.717) is 18.1 Å². The molecule has 0 aliphatic heterocycles. The Bertz CT molecular complexity index is 398. The Balaban J connectivity index is 2.17. The first kappa shape index (κ1) is 13.1. The Hall–Kier alpha value is -1.31. The molecule has 0 spiro atoms. The van der Waals surface area contributed by atoms with Gasteiger partial charge in [0.15, 0.2) is 0 Å². The molecule has 98 valence electrons. The number of carbonyl (C=O) groups excluding carboxylic acids is 1. The Morgan fingerprint density at radius 3 is 2.94 bits per heavy atom. The van der Waals surface area contributed by atoms with Crippen LogP contribution in [0.25, 0.3) is 0 Å². The van der Waals surface area contributed by atoms with Crippen molar-refractivity contribution in [3.05, 3.63) is 29.8 Å². The smallest absolute Gasteiger partial charge is 0.133 e. The minimum Gasteiger partial charge on any atom is -0.493 e. The molecule has 0 aromatic heterocycles. The lowest BCUT2D eigenvalue weighted by atomic mass is 9.91. The SMILES string of the molecule is CCCOc1ccccc1C1CCCCC(=O)C1. The van der Waals surface area contributed by atoms with Crippen LogP contribution >= 0.6 is 0 Å². The van der Waals surface area contributed by atoms with Gasteiger partial charge in [0.05, 0.1) is 6.61 Å². The molecule has 0 saturated heterocycles. The maximum atomic E-state index is 11.8. The van der Waals surface area contributed by atoms with Crippen LogP contribution < -0.4 is 4.74 Å². The number of rotatable bonds is 4. The summed E-state index contributed by atoms with van der Waals surface area (Å²) in [4.78, 5) is 11.8. The van der Waals surface area contributed by atoms with E-state index in [0.717, 1.165) is 44.5 Å². The Labute approximate surface area is 109 Å². The highest BCUT2D eigenvalue weighted by Crippen LogP contribution is 2.35. The van der Waals surface area contributed by atoms with Crippen molar-refractivity contribution in [3.63, 3.8) is 0 Å². The summed E-state index contributed by atoms with van der Waals surface area (Å²) >= 11 is 0. The Morgan fingerprint density at radius 1 is 1.28 bits per heavy atom. The van der Waals surface area contributed by atoms with Gasteiger partial charge in [-0.1, -0.05) is 31.5 Å².